The third-order valence-corrected chi connectivity index (χ3v) is 2.31. The van der Waals surface area contributed by atoms with Crippen molar-refractivity contribution in [2.75, 3.05) is 6.61 Å². The Bertz CT molecular complexity index is 560. The minimum Gasteiger partial charge on any atom is -0.504 e. The maximum Gasteiger partial charge on any atom is 0.360 e. The predicted octanol–water partition coefficient (Wildman–Crippen LogP) is 1.67. The number of rotatable bonds is 4. The van der Waals surface area contributed by atoms with Gasteiger partial charge < -0.3 is 14.9 Å². The molecule has 0 saturated carbocycles. The van der Waals surface area contributed by atoms with Crippen molar-refractivity contribution in [3.05, 3.63) is 36.2 Å². The molecule has 0 amide bonds. The molecule has 18 heavy (non-hydrogen) atoms. The topological polar surface area (TPSA) is 84.6 Å². The zero-order chi connectivity index (χ0) is 13.1. The summed E-state index contributed by atoms with van der Waals surface area (Å²) < 4.78 is 6.59. The molecule has 0 aliphatic carbocycles. The molecular weight excluding hydrogens is 236 g/mol. The van der Waals surface area contributed by atoms with Crippen LogP contribution in [0.1, 0.15) is 17.4 Å². The van der Waals surface area contributed by atoms with Gasteiger partial charge in [-0.3, -0.25) is 0 Å². The molecule has 1 aromatic heterocycles. The molecule has 0 bridgehead atoms. The highest BCUT2D eigenvalue weighted by Gasteiger charge is 2.15. The molecule has 0 atom stereocenters. The Balaban J connectivity index is 2.31. The van der Waals surface area contributed by atoms with Crippen molar-refractivity contribution in [3.8, 4) is 17.2 Å². The minimum atomic E-state index is -1.27. The maximum atomic E-state index is 10.7. The number of aromatic hydroxyl groups is 1. The summed E-state index contributed by atoms with van der Waals surface area (Å²) in [5.41, 5.74) is 0.269. The summed E-state index contributed by atoms with van der Waals surface area (Å²) in [4.78, 5) is 10.7. The van der Waals surface area contributed by atoms with Gasteiger partial charge in [0.2, 0.25) is 5.69 Å². The van der Waals surface area contributed by atoms with E-state index >= 15 is 0 Å². The number of ether oxygens (including phenoxy) is 1. The third kappa shape index (κ3) is 2.27. The van der Waals surface area contributed by atoms with E-state index in [0.29, 0.717) is 12.3 Å². The van der Waals surface area contributed by atoms with Crippen LogP contribution in [0.5, 0.6) is 11.5 Å². The number of hydrogen-bond donors (Lipinski definition) is 2. The molecule has 6 nitrogen and oxygen atoms in total. The van der Waals surface area contributed by atoms with Gasteiger partial charge in [0.15, 0.2) is 5.75 Å². The van der Waals surface area contributed by atoms with Gasteiger partial charge >= 0.3 is 5.97 Å². The molecule has 2 rings (SSSR count). The summed E-state index contributed by atoms with van der Waals surface area (Å²) in [6.45, 7) is 2.46. The third-order valence-electron chi connectivity index (χ3n) is 2.31. The number of benzene rings is 1. The Kier molecular flexibility index (Phi) is 3.18. The molecule has 0 radical (unpaired) electrons. The van der Waals surface area contributed by atoms with Gasteiger partial charge in [0.05, 0.1) is 18.5 Å². The summed E-state index contributed by atoms with van der Waals surface area (Å²) in [5.74, 6) is -0.912. The highest BCUT2D eigenvalue weighted by Crippen LogP contribution is 2.20. The van der Waals surface area contributed by atoms with Gasteiger partial charge in [-0.15, -0.1) is 0 Å². The molecule has 0 saturated heterocycles. The van der Waals surface area contributed by atoms with Crippen molar-refractivity contribution in [2.45, 2.75) is 6.92 Å². The van der Waals surface area contributed by atoms with E-state index in [-0.39, 0.29) is 11.4 Å². The van der Waals surface area contributed by atoms with E-state index in [0.717, 1.165) is 5.75 Å². The number of carboxylic acids is 1. The van der Waals surface area contributed by atoms with Gasteiger partial charge in [-0.05, 0) is 31.2 Å². The smallest absolute Gasteiger partial charge is 0.360 e. The fraction of sp³-hybridized carbons (Fsp3) is 0.167. The van der Waals surface area contributed by atoms with Gasteiger partial charge in [-0.2, -0.15) is 5.10 Å². The van der Waals surface area contributed by atoms with E-state index < -0.39 is 5.97 Å². The van der Waals surface area contributed by atoms with Crippen LogP contribution in [0, 0.1) is 0 Å². The second kappa shape index (κ2) is 4.79. The van der Waals surface area contributed by atoms with Crippen LogP contribution in [0.15, 0.2) is 30.5 Å². The van der Waals surface area contributed by atoms with Crippen molar-refractivity contribution in [3.63, 3.8) is 0 Å². The summed E-state index contributed by atoms with van der Waals surface area (Å²) in [6, 6.07) is 6.95. The molecule has 0 unspecified atom stereocenters. The first kappa shape index (κ1) is 12.0. The molecule has 0 aliphatic rings. The average Bonchev–Trinajstić information content (AvgIpc) is 2.73. The van der Waals surface area contributed by atoms with E-state index in [4.69, 9.17) is 9.84 Å². The lowest BCUT2D eigenvalue weighted by Gasteiger charge is -2.04. The first-order valence-corrected chi connectivity index (χ1v) is 5.37. The molecule has 0 spiro atoms. The number of aromatic carboxylic acids is 1. The molecule has 1 heterocycles. The Morgan fingerprint density at radius 1 is 1.39 bits per heavy atom. The molecule has 1 aromatic carbocycles. The van der Waals surface area contributed by atoms with Crippen molar-refractivity contribution in [2.24, 2.45) is 0 Å². The Morgan fingerprint density at radius 3 is 2.56 bits per heavy atom. The monoisotopic (exact) mass is 248 g/mol. The second-order valence-corrected chi connectivity index (χ2v) is 3.54. The van der Waals surface area contributed by atoms with Crippen LogP contribution in [-0.4, -0.2) is 32.6 Å². The predicted molar refractivity (Wildman–Crippen MR) is 63.4 cm³/mol. The van der Waals surface area contributed by atoms with Crippen molar-refractivity contribution in [1.82, 2.24) is 9.78 Å². The van der Waals surface area contributed by atoms with Crippen LogP contribution < -0.4 is 4.74 Å². The highest BCUT2D eigenvalue weighted by molar-refractivity contribution is 5.88. The van der Waals surface area contributed by atoms with Crippen LogP contribution in [-0.2, 0) is 0 Å². The van der Waals surface area contributed by atoms with Crippen molar-refractivity contribution in [1.29, 1.82) is 0 Å². The Morgan fingerprint density at radius 2 is 2.06 bits per heavy atom. The van der Waals surface area contributed by atoms with Gasteiger partial charge in [0, 0.05) is 0 Å². The van der Waals surface area contributed by atoms with Gasteiger partial charge in [-0.1, -0.05) is 0 Å². The zero-order valence-corrected chi connectivity index (χ0v) is 9.70. The number of nitrogens with zero attached hydrogens (tertiary/aromatic N) is 2. The Labute approximate surface area is 103 Å². The van der Waals surface area contributed by atoms with Crippen LogP contribution in [0.2, 0.25) is 0 Å². The van der Waals surface area contributed by atoms with E-state index in [1.807, 2.05) is 6.92 Å². The molecule has 0 aliphatic heterocycles. The van der Waals surface area contributed by atoms with Gasteiger partial charge in [0.25, 0.3) is 0 Å². The van der Waals surface area contributed by atoms with Gasteiger partial charge in [0.1, 0.15) is 5.75 Å². The fourth-order valence-electron chi connectivity index (χ4n) is 1.51. The van der Waals surface area contributed by atoms with Crippen LogP contribution in [0.3, 0.4) is 0 Å². The van der Waals surface area contributed by atoms with Crippen LogP contribution >= 0.6 is 0 Å². The fourth-order valence-corrected chi connectivity index (χ4v) is 1.51. The van der Waals surface area contributed by atoms with Gasteiger partial charge in [-0.25, -0.2) is 9.48 Å². The largest absolute Gasteiger partial charge is 0.504 e. The zero-order valence-electron chi connectivity index (χ0n) is 9.70. The normalized spacial score (nSPS) is 10.3. The number of hydrogen-bond acceptors (Lipinski definition) is 4. The molecule has 6 heteroatoms. The lowest BCUT2D eigenvalue weighted by Crippen LogP contribution is -2.01. The second-order valence-electron chi connectivity index (χ2n) is 3.54. The van der Waals surface area contributed by atoms with Crippen LogP contribution in [0.25, 0.3) is 5.69 Å². The van der Waals surface area contributed by atoms with E-state index in [9.17, 15) is 9.90 Å². The first-order chi connectivity index (χ1) is 8.61. The van der Waals surface area contributed by atoms with Crippen molar-refractivity contribution < 1.29 is 19.7 Å². The molecule has 94 valence electrons. The SMILES string of the molecule is CCOc1ccc(-n2cc(O)c(C(=O)O)n2)cc1. The first-order valence-electron chi connectivity index (χ1n) is 5.37. The molecular formula is C12H12N2O4. The Hall–Kier alpha value is -2.50. The summed E-state index contributed by atoms with van der Waals surface area (Å²) in [7, 11) is 0. The molecule has 2 N–H and O–H groups in total. The lowest BCUT2D eigenvalue weighted by molar-refractivity contribution is 0.0687. The number of aromatic nitrogens is 2. The van der Waals surface area contributed by atoms with Crippen molar-refractivity contribution >= 4 is 5.97 Å². The molecule has 0 fully saturated rings. The number of carboxylic acid groups (broad SMARTS) is 1. The summed E-state index contributed by atoms with van der Waals surface area (Å²) in [5, 5.41) is 22.0. The number of carbonyl (C=O) groups is 1. The maximum absolute atomic E-state index is 10.7. The summed E-state index contributed by atoms with van der Waals surface area (Å²) in [6.07, 6.45) is 1.25. The highest BCUT2D eigenvalue weighted by atomic mass is 16.5. The van der Waals surface area contributed by atoms with Crippen LogP contribution in [0.4, 0.5) is 0 Å². The quantitative estimate of drug-likeness (QED) is 0.859. The standard InChI is InChI=1S/C12H12N2O4/c1-2-18-9-5-3-8(4-6-9)14-7-10(15)11(13-14)12(16)17/h3-7,15H,2H2,1H3,(H,16,17). The lowest BCUT2D eigenvalue weighted by atomic mass is 10.3. The van der Waals surface area contributed by atoms with E-state index in [1.54, 1.807) is 24.3 Å². The molecule has 2 aromatic rings. The van der Waals surface area contributed by atoms with E-state index in [2.05, 4.69) is 5.10 Å². The summed E-state index contributed by atoms with van der Waals surface area (Å²) >= 11 is 0. The minimum absolute atomic E-state index is 0.364. The van der Waals surface area contributed by atoms with E-state index in [1.165, 1.54) is 10.9 Å². The average molecular weight is 248 g/mol.